The maximum atomic E-state index is 6.90. The lowest BCUT2D eigenvalue weighted by Crippen LogP contribution is -2.07. The van der Waals surface area contributed by atoms with E-state index in [-0.39, 0.29) is 0 Å². The largest absolute Gasteiger partial charge is 0.454 e. The molecule has 5 aromatic heterocycles. The Balaban J connectivity index is 1.12. The first-order valence-electron chi connectivity index (χ1n) is 21.4. The van der Waals surface area contributed by atoms with Gasteiger partial charge in [0, 0.05) is 63.6 Å². The molecule has 0 saturated carbocycles. The van der Waals surface area contributed by atoms with Gasteiger partial charge in [-0.15, -0.1) is 11.3 Å². The molecule has 298 valence electrons. The van der Waals surface area contributed by atoms with Crippen molar-refractivity contribution in [2.45, 2.75) is 0 Å². The standard InChI is InChI=1S/C57H33N5OS/c1-3-15-34(16-4-1)37-31-45-40-21-9-13-25-49(40)63-54(45)48(32-37)61-46-23-11-7-19-38(46)43-29-30-44-39-20-8-12-24-47(39)62(53(44)52(43)61)57-59-55(35-17-5-2-6-18-35)58-56(60-57)36-27-28-42-41-22-10-14-26-50(41)64-51(42)33-36/h1-33H. The zero-order valence-electron chi connectivity index (χ0n) is 34.1. The molecule has 0 bridgehead atoms. The van der Waals surface area contributed by atoms with Crippen LogP contribution in [0.5, 0.6) is 0 Å². The van der Waals surface area contributed by atoms with Crippen LogP contribution in [-0.2, 0) is 0 Å². The zero-order chi connectivity index (χ0) is 41.9. The average molecular weight is 836 g/mol. The fourth-order valence-electron chi connectivity index (χ4n) is 9.91. The van der Waals surface area contributed by atoms with Crippen LogP contribution in [-0.4, -0.2) is 24.1 Å². The lowest BCUT2D eigenvalue weighted by Gasteiger charge is -2.14. The van der Waals surface area contributed by atoms with Gasteiger partial charge in [0.2, 0.25) is 5.95 Å². The third kappa shape index (κ3) is 5.16. The van der Waals surface area contributed by atoms with Gasteiger partial charge >= 0.3 is 0 Å². The second kappa shape index (κ2) is 13.6. The topological polar surface area (TPSA) is 61.7 Å². The fourth-order valence-corrected chi connectivity index (χ4v) is 11.1. The monoisotopic (exact) mass is 835 g/mol. The number of hydrogen-bond acceptors (Lipinski definition) is 5. The van der Waals surface area contributed by atoms with Gasteiger partial charge in [0.1, 0.15) is 5.58 Å². The molecule has 0 aliphatic rings. The molecule has 0 aliphatic carbocycles. The predicted molar refractivity (Wildman–Crippen MR) is 265 cm³/mol. The normalized spacial score (nSPS) is 12.1. The number of benzene rings is 9. The van der Waals surface area contributed by atoms with E-state index in [1.165, 1.54) is 20.2 Å². The first-order valence-corrected chi connectivity index (χ1v) is 22.3. The molecule has 64 heavy (non-hydrogen) atoms. The van der Waals surface area contributed by atoms with Gasteiger partial charge in [-0.2, -0.15) is 9.97 Å². The van der Waals surface area contributed by atoms with Gasteiger partial charge in [0.05, 0.1) is 27.8 Å². The summed E-state index contributed by atoms with van der Waals surface area (Å²) < 4.78 is 14.0. The Labute approximate surface area is 369 Å². The van der Waals surface area contributed by atoms with E-state index in [0.717, 1.165) is 93.5 Å². The third-order valence-corrected chi connectivity index (χ3v) is 13.9. The van der Waals surface area contributed by atoms with E-state index >= 15 is 0 Å². The van der Waals surface area contributed by atoms with E-state index < -0.39 is 0 Å². The van der Waals surface area contributed by atoms with Gasteiger partial charge in [-0.05, 0) is 53.6 Å². The minimum Gasteiger partial charge on any atom is -0.454 e. The molecule has 0 amide bonds. The van der Waals surface area contributed by atoms with Crippen LogP contribution in [0.25, 0.3) is 131 Å². The molecule has 0 N–H and O–H groups in total. The van der Waals surface area contributed by atoms with Gasteiger partial charge in [-0.1, -0.05) is 158 Å². The van der Waals surface area contributed by atoms with Crippen LogP contribution in [0.15, 0.2) is 205 Å². The molecule has 6 nitrogen and oxygen atoms in total. The van der Waals surface area contributed by atoms with Crippen LogP contribution in [0.4, 0.5) is 0 Å². The summed E-state index contributed by atoms with van der Waals surface area (Å²) >= 11 is 1.79. The first kappa shape index (κ1) is 35.2. The van der Waals surface area contributed by atoms with Crippen LogP contribution in [0.1, 0.15) is 0 Å². The molecule has 0 radical (unpaired) electrons. The fraction of sp³-hybridized carbons (Fsp3) is 0. The molecular weight excluding hydrogens is 803 g/mol. The number of hydrogen-bond donors (Lipinski definition) is 0. The van der Waals surface area contributed by atoms with Crippen LogP contribution < -0.4 is 0 Å². The van der Waals surface area contributed by atoms with Crippen molar-refractivity contribution in [3.8, 4) is 45.5 Å². The molecular formula is C57H33N5OS. The Bertz CT molecular complexity index is 4200. The Morgan fingerprint density at radius 2 is 0.922 bits per heavy atom. The van der Waals surface area contributed by atoms with Crippen LogP contribution in [0.2, 0.25) is 0 Å². The first-order chi connectivity index (χ1) is 31.7. The smallest absolute Gasteiger partial charge is 0.238 e. The van der Waals surface area contributed by atoms with Crippen molar-refractivity contribution in [1.82, 2.24) is 24.1 Å². The number of para-hydroxylation sites is 3. The van der Waals surface area contributed by atoms with Crippen LogP contribution >= 0.6 is 11.3 Å². The Morgan fingerprint density at radius 3 is 1.67 bits per heavy atom. The Hall–Kier alpha value is -8.39. The molecule has 0 spiro atoms. The number of fused-ring (bicyclic) bond motifs is 13. The van der Waals surface area contributed by atoms with Gasteiger partial charge in [0.15, 0.2) is 17.2 Å². The minimum absolute atomic E-state index is 0.544. The summed E-state index contributed by atoms with van der Waals surface area (Å²) in [7, 11) is 0. The van der Waals surface area contributed by atoms with Crippen LogP contribution in [0.3, 0.4) is 0 Å². The number of nitrogens with zero attached hydrogens (tertiary/aromatic N) is 5. The number of furan rings is 1. The number of thiophene rings is 1. The highest BCUT2D eigenvalue weighted by Gasteiger charge is 2.26. The summed E-state index contributed by atoms with van der Waals surface area (Å²) in [5, 5.41) is 9.11. The maximum absolute atomic E-state index is 6.90. The van der Waals surface area contributed by atoms with E-state index in [1.807, 2.05) is 24.3 Å². The highest BCUT2D eigenvalue weighted by Crippen LogP contribution is 2.45. The summed E-state index contributed by atoms with van der Waals surface area (Å²) in [5.74, 6) is 1.76. The molecule has 9 aromatic carbocycles. The highest BCUT2D eigenvalue weighted by atomic mass is 32.1. The van der Waals surface area contributed by atoms with Crippen molar-refractivity contribution in [3.63, 3.8) is 0 Å². The van der Waals surface area contributed by atoms with E-state index in [4.69, 9.17) is 19.4 Å². The van der Waals surface area contributed by atoms with Crippen molar-refractivity contribution < 1.29 is 4.42 Å². The molecule has 0 unspecified atom stereocenters. The Morgan fingerprint density at radius 1 is 0.359 bits per heavy atom. The van der Waals surface area contributed by atoms with Gasteiger partial charge in [0.25, 0.3) is 0 Å². The molecule has 0 atom stereocenters. The van der Waals surface area contributed by atoms with E-state index in [1.54, 1.807) is 11.3 Å². The molecule has 7 heteroatoms. The number of aromatic nitrogens is 5. The molecule has 14 aromatic rings. The van der Waals surface area contributed by atoms with E-state index in [2.05, 4.69) is 185 Å². The van der Waals surface area contributed by atoms with Crippen LogP contribution in [0, 0.1) is 0 Å². The second-order valence-electron chi connectivity index (χ2n) is 16.4. The molecule has 0 saturated heterocycles. The quantitative estimate of drug-likeness (QED) is 0.173. The molecule has 0 aliphatic heterocycles. The van der Waals surface area contributed by atoms with Crippen molar-refractivity contribution in [3.05, 3.63) is 200 Å². The number of rotatable bonds is 5. The summed E-state index contributed by atoms with van der Waals surface area (Å²) in [6, 6.07) is 70.8. The molecule has 5 heterocycles. The summed E-state index contributed by atoms with van der Waals surface area (Å²) in [5.41, 5.74) is 10.9. The highest BCUT2D eigenvalue weighted by molar-refractivity contribution is 7.25. The SMILES string of the molecule is c1ccc(-c2cc(-n3c4ccccc4c4ccc5c6ccccc6n(-c6nc(-c7ccccc7)nc(-c7ccc8c(c7)sc7ccccc78)n6)c5c43)c3oc4ccccc4c3c2)cc1. The van der Waals surface area contributed by atoms with Crippen molar-refractivity contribution in [1.29, 1.82) is 0 Å². The average Bonchev–Trinajstić information content (AvgIpc) is 4.12. The van der Waals surface area contributed by atoms with Gasteiger partial charge in [-0.3, -0.25) is 4.57 Å². The van der Waals surface area contributed by atoms with Crippen molar-refractivity contribution >= 4 is 97.1 Å². The van der Waals surface area contributed by atoms with Crippen molar-refractivity contribution in [2.75, 3.05) is 0 Å². The lowest BCUT2D eigenvalue weighted by atomic mass is 10.0. The van der Waals surface area contributed by atoms with Gasteiger partial charge in [-0.25, -0.2) is 4.98 Å². The van der Waals surface area contributed by atoms with Gasteiger partial charge < -0.3 is 8.98 Å². The third-order valence-electron chi connectivity index (χ3n) is 12.8. The molecule has 14 rings (SSSR count). The minimum atomic E-state index is 0.544. The van der Waals surface area contributed by atoms with Crippen molar-refractivity contribution in [2.24, 2.45) is 0 Å². The van der Waals surface area contributed by atoms with E-state index in [0.29, 0.717) is 17.6 Å². The predicted octanol–water partition coefficient (Wildman–Crippen LogP) is 15.3. The maximum Gasteiger partial charge on any atom is 0.238 e. The molecule has 0 fully saturated rings. The lowest BCUT2D eigenvalue weighted by molar-refractivity contribution is 0.666. The van der Waals surface area contributed by atoms with E-state index in [9.17, 15) is 0 Å². The summed E-state index contributed by atoms with van der Waals surface area (Å²) in [4.78, 5) is 16.0. The summed E-state index contributed by atoms with van der Waals surface area (Å²) in [6.45, 7) is 0. The summed E-state index contributed by atoms with van der Waals surface area (Å²) in [6.07, 6.45) is 0. The second-order valence-corrected chi connectivity index (χ2v) is 17.4. The Kier molecular flexibility index (Phi) is 7.46. The zero-order valence-corrected chi connectivity index (χ0v) is 34.9.